The van der Waals surface area contributed by atoms with E-state index in [0.717, 1.165) is 5.56 Å². The van der Waals surface area contributed by atoms with Gasteiger partial charge in [-0.3, -0.25) is 14.9 Å². The molecule has 1 aliphatic rings. The number of nitro benzene ring substituents is 1. The number of nitro groups is 1. The molecule has 1 fully saturated rings. The molecular formula is C16H13FN2O3. The van der Waals surface area contributed by atoms with Gasteiger partial charge in [0.1, 0.15) is 5.82 Å². The SMILES string of the molecule is O=C(Nc1ccc(F)cc1)C1(c2ccc([N+](=O)[O-])cc2)CC1. The molecule has 0 radical (unpaired) electrons. The van der Waals surface area contributed by atoms with E-state index in [-0.39, 0.29) is 17.4 Å². The van der Waals surface area contributed by atoms with E-state index in [9.17, 15) is 19.3 Å². The summed E-state index contributed by atoms with van der Waals surface area (Å²) in [7, 11) is 0. The Labute approximate surface area is 125 Å². The lowest BCUT2D eigenvalue weighted by Crippen LogP contribution is -2.27. The van der Waals surface area contributed by atoms with Gasteiger partial charge in [0.2, 0.25) is 5.91 Å². The van der Waals surface area contributed by atoms with E-state index in [1.807, 2.05) is 0 Å². The molecular weight excluding hydrogens is 287 g/mol. The molecule has 1 N–H and O–H groups in total. The minimum absolute atomic E-state index is 0.00140. The van der Waals surface area contributed by atoms with Gasteiger partial charge in [-0.05, 0) is 42.7 Å². The molecule has 2 aromatic rings. The van der Waals surface area contributed by atoms with Crippen LogP contribution in [0.4, 0.5) is 15.8 Å². The summed E-state index contributed by atoms with van der Waals surface area (Å²) < 4.78 is 12.9. The Morgan fingerprint density at radius 1 is 1.09 bits per heavy atom. The van der Waals surface area contributed by atoms with Crippen LogP contribution in [0, 0.1) is 15.9 Å². The van der Waals surface area contributed by atoms with Crippen molar-refractivity contribution < 1.29 is 14.1 Å². The number of non-ortho nitro benzene ring substituents is 1. The maximum Gasteiger partial charge on any atom is 0.269 e. The zero-order valence-corrected chi connectivity index (χ0v) is 11.6. The van der Waals surface area contributed by atoms with Gasteiger partial charge in [-0.25, -0.2) is 4.39 Å². The van der Waals surface area contributed by atoms with Crippen LogP contribution < -0.4 is 5.32 Å². The van der Waals surface area contributed by atoms with Gasteiger partial charge in [-0.1, -0.05) is 12.1 Å². The Bertz CT molecular complexity index is 722. The van der Waals surface area contributed by atoms with Gasteiger partial charge in [-0.2, -0.15) is 0 Å². The largest absolute Gasteiger partial charge is 0.325 e. The summed E-state index contributed by atoms with van der Waals surface area (Å²) in [5.74, 6) is -0.539. The molecule has 5 nitrogen and oxygen atoms in total. The smallest absolute Gasteiger partial charge is 0.269 e. The van der Waals surface area contributed by atoms with E-state index in [1.54, 1.807) is 12.1 Å². The summed E-state index contributed by atoms with van der Waals surface area (Å²) in [5.41, 5.74) is 0.652. The highest BCUT2D eigenvalue weighted by Crippen LogP contribution is 2.49. The Morgan fingerprint density at radius 3 is 2.18 bits per heavy atom. The molecule has 3 rings (SSSR count). The number of anilines is 1. The molecule has 0 spiro atoms. The quantitative estimate of drug-likeness (QED) is 0.694. The van der Waals surface area contributed by atoms with E-state index in [0.29, 0.717) is 18.5 Å². The van der Waals surface area contributed by atoms with Gasteiger partial charge in [-0.15, -0.1) is 0 Å². The summed E-state index contributed by atoms with van der Waals surface area (Å²) in [4.78, 5) is 22.7. The van der Waals surface area contributed by atoms with Crippen LogP contribution in [0.3, 0.4) is 0 Å². The van der Waals surface area contributed by atoms with E-state index in [4.69, 9.17) is 0 Å². The first-order valence-electron chi connectivity index (χ1n) is 6.83. The van der Waals surface area contributed by atoms with Crippen molar-refractivity contribution in [3.05, 3.63) is 70.0 Å². The van der Waals surface area contributed by atoms with Crippen molar-refractivity contribution >= 4 is 17.3 Å². The highest BCUT2D eigenvalue weighted by molar-refractivity contribution is 6.01. The lowest BCUT2D eigenvalue weighted by molar-refractivity contribution is -0.384. The van der Waals surface area contributed by atoms with Crippen LogP contribution in [0.5, 0.6) is 0 Å². The zero-order chi connectivity index (χ0) is 15.7. The second-order valence-electron chi connectivity index (χ2n) is 5.35. The predicted octanol–water partition coefficient (Wildman–Crippen LogP) is 3.40. The summed E-state index contributed by atoms with van der Waals surface area (Å²) >= 11 is 0. The van der Waals surface area contributed by atoms with Gasteiger partial charge >= 0.3 is 0 Å². The van der Waals surface area contributed by atoms with E-state index in [1.165, 1.54) is 36.4 Å². The molecule has 1 amide bonds. The molecule has 0 unspecified atom stereocenters. The molecule has 0 heterocycles. The third-order valence-electron chi connectivity index (χ3n) is 3.92. The highest BCUT2D eigenvalue weighted by Gasteiger charge is 2.51. The van der Waals surface area contributed by atoms with Crippen molar-refractivity contribution in [3.8, 4) is 0 Å². The Morgan fingerprint density at radius 2 is 1.68 bits per heavy atom. The van der Waals surface area contributed by atoms with Crippen molar-refractivity contribution in [2.24, 2.45) is 0 Å². The van der Waals surface area contributed by atoms with Gasteiger partial charge in [0, 0.05) is 17.8 Å². The van der Waals surface area contributed by atoms with E-state index in [2.05, 4.69) is 5.32 Å². The Hall–Kier alpha value is -2.76. The van der Waals surface area contributed by atoms with Crippen molar-refractivity contribution in [2.45, 2.75) is 18.3 Å². The Balaban J connectivity index is 1.79. The van der Waals surface area contributed by atoms with Crippen LogP contribution >= 0.6 is 0 Å². The van der Waals surface area contributed by atoms with Gasteiger partial charge in [0.25, 0.3) is 5.69 Å². The molecule has 0 bridgehead atoms. The number of hydrogen-bond acceptors (Lipinski definition) is 3. The van der Waals surface area contributed by atoms with Crippen molar-refractivity contribution in [2.75, 3.05) is 5.32 Å². The fourth-order valence-electron chi connectivity index (χ4n) is 2.46. The second kappa shape index (κ2) is 5.22. The molecule has 22 heavy (non-hydrogen) atoms. The molecule has 0 saturated heterocycles. The number of rotatable bonds is 4. The third-order valence-corrected chi connectivity index (χ3v) is 3.92. The number of hydrogen-bond donors (Lipinski definition) is 1. The maximum atomic E-state index is 12.9. The molecule has 0 aromatic heterocycles. The summed E-state index contributed by atoms with van der Waals surface area (Å²) in [6, 6.07) is 11.6. The molecule has 0 atom stereocenters. The number of carbonyl (C=O) groups is 1. The van der Waals surface area contributed by atoms with Crippen LogP contribution in [-0.4, -0.2) is 10.8 Å². The van der Waals surface area contributed by atoms with Crippen molar-refractivity contribution in [1.29, 1.82) is 0 Å². The maximum absolute atomic E-state index is 12.9. The third kappa shape index (κ3) is 2.55. The molecule has 6 heteroatoms. The van der Waals surface area contributed by atoms with Crippen LogP contribution in [0.1, 0.15) is 18.4 Å². The molecule has 112 valence electrons. The first kappa shape index (κ1) is 14.2. The van der Waals surface area contributed by atoms with E-state index < -0.39 is 10.3 Å². The lowest BCUT2D eigenvalue weighted by Gasteiger charge is -2.15. The van der Waals surface area contributed by atoms with Crippen molar-refractivity contribution in [3.63, 3.8) is 0 Å². The normalized spacial score (nSPS) is 15.1. The Kier molecular flexibility index (Phi) is 3.36. The van der Waals surface area contributed by atoms with Gasteiger partial charge in [0.05, 0.1) is 10.3 Å². The average Bonchev–Trinajstić information content (AvgIpc) is 3.31. The van der Waals surface area contributed by atoms with Crippen LogP contribution in [0.15, 0.2) is 48.5 Å². The lowest BCUT2D eigenvalue weighted by atomic mass is 9.94. The fraction of sp³-hybridized carbons (Fsp3) is 0.188. The highest BCUT2D eigenvalue weighted by atomic mass is 19.1. The number of nitrogens with one attached hydrogen (secondary N) is 1. The van der Waals surface area contributed by atoms with Crippen LogP contribution in [0.2, 0.25) is 0 Å². The number of halogens is 1. The van der Waals surface area contributed by atoms with Gasteiger partial charge in [0.15, 0.2) is 0 Å². The number of benzene rings is 2. The summed E-state index contributed by atoms with van der Waals surface area (Å²) in [6.45, 7) is 0. The minimum atomic E-state index is -0.635. The van der Waals surface area contributed by atoms with Crippen LogP contribution in [-0.2, 0) is 10.2 Å². The first-order valence-corrected chi connectivity index (χ1v) is 6.83. The van der Waals surface area contributed by atoms with Gasteiger partial charge < -0.3 is 5.32 Å². The number of amides is 1. The molecule has 0 aliphatic heterocycles. The number of carbonyl (C=O) groups excluding carboxylic acids is 1. The molecule has 1 aliphatic carbocycles. The summed E-state index contributed by atoms with van der Waals surface area (Å²) in [5, 5.41) is 13.4. The monoisotopic (exact) mass is 300 g/mol. The molecule has 1 saturated carbocycles. The van der Waals surface area contributed by atoms with Crippen molar-refractivity contribution in [1.82, 2.24) is 0 Å². The first-order chi connectivity index (χ1) is 10.5. The fourth-order valence-corrected chi connectivity index (χ4v) is 2.46. The average molecular weight is 300 g/mol. The van der Waals surface area contributed by atoms with Crippen LogP contribution in [0.25, 0.3) is 0 Å². The predicted molar refractivity (Wildman–Crippen MR) is 79.0 cm³/mol. The summed E-state index contributed by atoms with van der Waals surface area (Å²) in [6.07, 6.45) is 1.38. The van der Waals surface area contributed by atoms with E-state index >= 15 is 0 Å². The minimum Gasteiger partial charge on any atom is -0.325 e. The molecule has 2 aromatic carbocycles. The second-order valence-corrected chi connectivity index (χ2v) is 5.35. The topological polar surface area (TPSA) is 72.2 Å². The number of nitrogens with zero attached hydrogens (tertiary/aromatic N) is 1. The standard InChI is InChI=1S/C16H13FN2O3/c17-12-3-5-13(6-4-12)18-15(20)16(9-10-16)11-1-7-14(8-2-11)19(21)22/h1-8H,9-10H2,(H,18,20). The zero-order valence-electron chi connectivity index (χ0n) is 11.6.